The number of thiocarbonyl (C=S) groups is 1. The number of aryl methyl sites for hydroxylation is 1. The van der Waals surface area contributed by atoms with Gasteiger partial charge in [0, 0.05) is 12.1 Å². The zero-order chi connectivity index (χ0) is 18.7. The number of imidazole rings is 1. The number of nitrogens with one attached hydrogen (secondary N) is 3. The minimum absolute atomic E-state index is 0.114. The highest BCUT2D eigenvalue weighted by Crippen LogP contribution is 2.25. The topological polar surface area (TPSA) is 71.0 Å². The van der Waals surface area contributed by atoms with E-state index in [9.17, 15) is 4.79 Å². The van der Waals surface area contributed by atoms with E-state index in [0.717, 1.165) is 11.0 Å². The van der Waals surface area contributed by atoms with Gasteiger partial charge in [0.2, 0.25) is 5.91 Å². The summed E-state index contributed by atoms with van der Waals surface area (Å²) in [4.78, 5) is 16.6. The first-order valence-corrected chi connectivity index (χ1v) is 8.81. The maximum absolute atomic E-state index is 12.2. The van der Waals surface area contributed by atoms with Crippen molar-refractivity contribution in [3.63, 3.8) is 0 Å². The number of hydrogen-bond acceptors (Lipinski definition) is 3. The number of aromatic nitrogens is 2. The van der Waals surface area contributed by atoms with Crippen LogP contribution in [0.3, 0.4) is 0 Å². The predicted molar refractivity (Wildman–Crippen MR) is 108 cm³/mol. The fraction of sp³-hybridized carbons (Fsp3) is 0.118. The van der Waals surface area contributed by atoms with Gasteiger partial charge in [-0.15, -0.1) is 0 Å². The average molecular weight is 408 g/mol. The van der Waals surface area contributed by atoms with E-state index < -0.39 is 0 Å². The van der Waals surface area contributed by atoms with Gasteiger partial charge in [-0.05, 0) is 42.5 Å². The zero-order valence-electron chi connectivity index (χ0n) is 13.7. The van der Waals surface area contributed by atoms with Gasteiger partial charge in [-0.3, -0.25) is 15.6 Å². The molecule has 3 N–H and O–H groups in total. The Morgan fingerprint density at radius 3 is 2.69 bits per heavy atom. The number of rotatable bonds is 3. The van der Waals surface area contributed by atoms with Crippen LogP contribution in [0.1, 0.15) is 5.82 Å². The Kier molecular flexibility index (Phi) is 5.61. The van der Waals surface area contributed by atoms with Crippen LogP contribution < -0.4 is 16.2 Å². The molecule has 3 aromatic rings. The van der Waals surface area contributed by atoms with Crippen molar-refractivity contribution in [3.05, 3.63) is 58.3 Å². The maximum atomic E-state index is 12.2. The predicted octanol–water partition coefficient (Wildman–Crippen LogP) is 3.44. The fourth-order valence-electron chi connectivity index (χ4n) is 2.41. The summed E-state index contributed by atoms with van der Waals surface area (Å²) in [6.45, 7) is 0. The molecule has 0 aliphatic carbocycles. The summed E-state index contributed by atoms with van der Waals surface area (Å²) in [6.07, 6.45) is 0.114. The molecule has 0 saturated heterocycles. The number of para-hydroxylation sites is 2. The Bertz CT molecular complexity index is 988. The molecule has 26 heavy (non-hydrogen) atoms. The molecule has 3 rings (SSSR count). The Morgan fingerprint density at radius 1 is 1.19 bits per heavy atom. The molecular formula is C17H15Cl2N5OS. The molecule has 0 atom stereocenters. The van der Waals surface area contributed by atoms with Crippen molar-refractivity contribution in [1.82, 2.24) is 20.4 Å². The van der Waals surface area contributed by atoms with E-state index in [1.54, 1.807) is 18.2 Å². The van der Waals surface area contributed by atoms with Gasteiger partial charge in [-0.2, -0.15) is 0 Å². The molecule has 0 bridgehead atoms. The SMILES string of the molecule is Cn1c(CC(=O)NNC(=S)Nc2ccc(Cl)cc2Cl)nc2ccccc21. The van der Waals surface area contributed by atoms with Gasteiger partial charge < -0.3 is 9.88 Å². The van der Waals surface area contributed by atoms with Crippen molar-refractivity contribution in [2.24, 2.45) is 7.05 Å². The van der Waals surface area contributed by atoms with Crippen LogP contribution in [-0.4, -0.2) is 20.6 Å². The molecule has 6 nitrogen and oxygen atoms in total. The molecule has 0 saturated carbocycles. The summed E-state index contributed by atoms with van der Waals surface area (Å²) in [7, 11) is 1.88. The van der Waals surface area contributed by atoms with Crippen LogP contribution >= 0.6 is 35.4 Å². The molecule has 0 unspecified atom stereocenters. The lowest BCUT2D eigenvalue weighted by Gasteiger charge is -2.12. The molecule has 1 heterocycles. The van der Waals surface area contributed by atoms with E-state index in [4.69, 9.17) is 35.4 Å². The largest absolute Gasteiger partial charge is 0.331 e. The third-order valence-corrected chi connectivity index (χ3v) is 4.45. The summed E-state index contributed by atoms with van der Waals surface area (Å²) in [5.74, 6) is 0.389. The third kappa shape index (κ3) is 4.24. The Hall–Kier alpha value is -2.35. The van der Waals surface area contributed by atoms with Crippen LogP contribution in [-0.2, 0) is 18.3 Å². The van der Waals surface area contributed by atoms with Gasteiger partial charge in [0.1, 0.15) is 5.82 Å². The molecular weight excluding hydrogens is 393 g/mol. The fourth-order valence-corrected chi connectivity index (χ4v) is 3.03. The number of hydrogen-bond donors (Lipinski definition) is 3. The normalized spacial score (nSPS) is 10.6. The number of amides is 1. The lowest BCUT2D eigenvalue weighted by atomic mass is 10.3. The van der Waals surface area contributed by atoms with E-state index >= 15 is 0 Å². The lowest BCUT2D eigenvalue weighted by Crippen LogP contribution is -2.44. The molecule has 0 aliphatic heterocycles. The second-order valence-electron chi connectivity index (χ2n) is 5.50. The van der Waals surface area contributed by atoms with Gasteiger partial charge in [-0.25, -0.2) is 4.98 Å². The van der Waals surface area contributed by atoms with Crippen molar-refractivity contribution < 1.29 is 4.79 Å². The van der Waals surface area contributed by atoms with Crippen LogP contribution in [0.15, 0.2) is 42.5 Å². The van der Waals surface area contributed by atoms with Crippen LogP contribution in [0, 0.1) is 0 Å². The quantitative estimate of drug-likeness (QED) is 0.458. The molecule has 9 heteroatoms. The van der Waals surface area contributed by atoms with Crippen LogP contribution in [0.2, 0.25) is 10.0 Å². The lowest BCUT2D eigenvalue weighted by molar-refractivity contribution is -0.121. The number of nitrogens with zero attached hydrogens (tertiary/aromatic N) is 2. The molecule has 0 fully saturated rings. The van der Waals surface area contributed by atoms with Crippen LogP contribution in [0.4, 0.5) is 5.69 Å². The smallest absolute Gasteiger partial charge is 0.245 e. The van der Waals surface area contributed by atoms with E-state index in [1.807, 2.05) is 35.9 Å². The summed E-state index contributed by atoms with van der Waals surface area (Å²) in [6, 6.07) is 12.7. The standard InChI is InChI=1S/C17H15Cl2N5OS/c1-24-14-5-3-2-4-13(14)20-15(24)9-16(25)22-23-17(26)21-12-7-6-10(18)8-11(12)19/h2-8H,9H2,1H3,(H,22,25)(H2,21,23,26). The summed E-state index contributed by atoms with van der Waals surface area (Å²) in [5.41, 5.74) is 7.58. The first-order chi connectivity index (χ1) is 12.4. The minimum atomic E-state index is -0.269. The first kappa shape index (κ1) is 18.4. The van der Waals surface area contributed by atoms with E-state index in [1.165, 1.54) is 0 Å². The highest BCUT2D eigenvalue weighted by atomic mass is 35.5. The van der Waals surface area contributed by atoms with Crippen molar-refractivity contribution in [3.8, 4) is 0 Å². The monoisotopic (exact) mass is 407 g/mol. The number of hydrazine groups is 1. The number of anilines is 1. The number of fused-ring (bicyclic) bond motifs is 1. The van der Waals surface area contributed by atoms with Gasteiger partial charge in [0.15, 0.2) is 5.11 Å². The molecule has 0 radical (unpaired) electrons. The van der Waals surface area contributed by atoms with Crippen molar-refractivity contribution in [2.75, 3.05) is 5.32 Å². The minimum Gasteiger partial charge on any atom is -0.331 e. The number of benzene rings is 2. The van der Waals surface area contributed by atoms with E-state index in [-0.39, 0.29) is 17.4 Å². The van der Waals surface area contributed by atoms with Crippen LogP contribution in [0.25, 0.3) is 11.0 Å². The number of halogens is 2. The van der Waals surface area contributed by atoms with Gasteiger partial charge >= 0.3 is 0 Å². The molecule has 1 amide bonds. The van der Waals surface area contributed by atoms with Crippen molar-refractivity contribution in [1.29, 1.82) is 0 Å². The van der Waals surface area contributed by atoms with Crippen molar-refractivity contribution in [2.45, 2.75) is 6.42 Å². The molecule has 1 aromatic heterocycles. The Balaban J connectivity index is 1.56. The van der Waals surface area contributed by atoms with Gasteiger partial charge in [0.25, 0.3) is 0 Å². The van der Waals surface area contributed by atoms with Crippen molar-refractivity contribution >= 4 is 63.2 Å². The zero-order valence-corrected chi connectivity index (χ0v) is 16.0. The molecule has 2 aromatic carbocycles. The number of carbonyl (C=O) groups is 1. The molecule has 0 aliphatic rings. The highest BCUT2D eigenvalue weighted by Gasteiger charge is 2.12. The first-order valence-electron chi connectivity index (χ1n) is 7.65. The Labute approximate surface area is 165 Å². The highest BCUT2D eigenvalue weighted by molar-refractivity contribution is 7.80. The second kappa shape index (κ2) is 7.90. The van der Waals surface area contributed by atoms with Gasteiger partial charge in [-0.1, -0.05) is 35.3 Å². The van der Waals surface area contributed by atoms with Crippen LogP contribution in [0.5, 0.6) is 0 Å². The molecule has 134 valence electrons. The van der Waals surface area contributed by atoms with Gasteiger partial charge in [0.05, 0.1) is 28.2 Å². The molecule has 0 spiro atoms. The van der Waals surface area contributed by atoms with E-state index in [0.29, 0.717) is 21.6 Å². The maximum Gasteiger partial charge on any atom is 0.245 e. The average Bonchev–Trinajstić information content (AvgIpc) is 2.92. The summed E-state index contributed by atoms with van der Waals surface area (Å²) < 4.78 is 1.89. The Morgan fingerprint density at radius 2 is 1.96 bits per heavy atom. The summed E-state index contributed by atoms with van der Waals surface area (Å²) >= 11 is 17.1. The number of carbonyl (C=O) groups excluding carboxylic acids is 1. The van der Waals surface area contributed by atoms with E-state index in [2.05, 4.69) is 21.2 Å². The second-order valence-corrected chi connectivity index (χ2v) is 6.76. The third-order valence-electron chi connectivity index (χ3n) is 3.69. The summed E-state index contributed by atoms with van der Waals surface area (Å²) in [5, 5.41) is 4.03.